The Balaban J connectivity index is 2.38. The molecule has 0 saturated heterocycles. The highest BCUT2D eigenvalue weighted by Crippen LogP contribution is 2.27. The van der Waals surface area contributed by atoms with Crippen LogP contribution >= 0.6 is 0 Å². The van der Waals surface area contributed by atoms with E-state index in [2.05, 4.69) is 51.9 Å². The predicted molar refractivity (Wildman–Crippen MR) is 81.0 cm³/mol. The van der Waals surface area contributed by atoms with Crippen LogP contribution in [0.3, 0.4) is 0 Å². The lowest BCUT2D eigenvalue weighted by Gasteiger charge is -2.39. The van der Waals surface area contributed by atoms with Crippen molar-refractivity contribution in [1.29, 1.82) is 0 Å². The second-order valence-corrected chi connectivity index (χ2v) is 7.06. The van der Waals surface area contributed by atoms with E-state index in [9.17, 15) is 0 Å². The quantitative estimate of drug-likeness (QED) is 0.778. The van der Waals surface area contributed by atoms with Crippen molar-refractivity contribution in [2.24, 2.45) is 5.92 Å². The van der Waals surface area contributed by atoms with E-state index < -0.39 is 0 Å². The zero-order valence-corrected chi connectivity index (χ0v) is 13.4. The average Bonchev–Trinajstić information content (AvgIpc) is 2.35. The molecule has 3 atom stereocenters. The summed E-state index contributed by atoms with van der Waals surface area (Å²) in [5.41, 5.74) is 0.273. The predicted octanol–water partition coefficient (Wildman–Crippen LogP) is 3.66. The summed E-state index contributed by atoms with van der Waals surface area (Å²) in [5.74, 6) is 0.915. The summed E-state index contributed by atoms with van der Waals surface area (Å²) in [5, 5.41) is 3.70. The van der Waals surface area contributed by atoms with E-state index in [1.165, 1.54) is 32.1 Å². The summed E-state index contributed by atoms with van der Waals surface area (Å²) >= 11 is 0. The largest absolute Gasteiger partial charge is 0.310 e. The van der Waals surface area contributed by atoms with Crippen LogP contribution in [-0.4, -0.2) is 36.1 Å². The molecule has 108 valence electrons. The molecule has 3 unspecified atom stereocenters. The third-order valence-electron chi connectivity index (χ3n) is 4.94. The van der Waals surface area contributed by atoms with E-state index >= 15 is 0 Å². The van der Waals surface area contributed by atoms with Gasteiger partial charge < -0.3 is 5.32 Å². The van der Waals surface area contributed by atoms with Gasteiger partial charge in [0.2, 0.25) is 0 Å². The Morgan fingerprint density at radius 1 is 1.33 bits per heavy atom. The van der Waals surface area contributed by atoms with Crippen molar-refractivity contribution in [3.8, 4) is 0 Å². The minimum Gasteiger partial charge on any atom is -0.310 e. The van der Waals surface area contributed by atoms with Crippen molar-refractivity contribution in [2.75, 3.05) is 13.6 Å². The van der Waals surface area contributed by atoms with Crippen LogP contribution in [0.4, 0.5) is 0 Å². The summed E-state index contributed by atoms with van der Waals surface area (Å²) in [4.78, 5) is 2.61. The molecule has 0 heterocycles. The van der Waals surface area contributed by atoms with Crippen molar-refractivity contribution >= 4 is 0 Å². The number of likely N-dealkylation sites (N-methyl/N-ethyl adjacent to an activating group) is 1. The van der Waals surface area contributed by atoms with Crippen molar-refractivity contribution in [2.45, 2.75) is 84.3 Å². The van der Waals surface area contributed by atoms with Crippen molar-refractivity contribution in [1.82, 2.24) is 10.2 Å². The number of nitrogens with zero attached hydrogens (tertiary/aromatic N) is 1. The molecule has 1 aliphatic rings. The average molecular weight is 254 g/mol. The highest BCUT2D eigenvalue weighted by Gasteiger charge is 2.26. The van der Waals surface area contributed by atoms with E-state index in [1.807, 2.05) is 0 Å². The van der Waals surface area contributed by atoms with Gasteiger partial charge in [0.1, 0.15) is 0 Å². The minimum absolute atomic E-state index is 0.273. The van der Waals surface area contributed by atoms with E-state index in [1.54, 1.807) is 0 Å². The summed E-state index contributed by atoms with van der Waals surface area (Å²) in [7, 11) is 2.31. The van der Waals surface area contributed by atoms with Gasteiger partial charge in [-0.2, -0.15) is 0 Å². The molecule has 0 spiro atoms. The molecule has 0 bridgehead atoms. The van der Waals surface area contributed by atoms with E-state index in [-0.39, 0.29) is 5.54 Å². The van der Waals surface area contributed by atoms with Gasteiger partial charge >= 0.3 is 0 Å². The molecule has 0 aromatic rings. The van der Waals surface area contributed by atoms with Crippen LogP contribution < -0.4 is 5.32 Å². The Hall–Kier alpha value is -0.0800. The van der Waals surface area contributed by atoms with Gasteiger partial charge in [0.05, 0.1) is 0 Å². The molecule has 1 rings (SSSR count). The van der Waals surface area contributed by atoms with Crippen LogP contribution in [-0.2, 0) is 0 Å². The maximum atomic E-state index is 3.70. The molecule has 1 N–H and O–H groups in total. The van der Waals surface area contributed by atoms with Gasteiger partial charge in [-0.15, -0.1) is 0 Å². The number of hydrogen-bond acceptors (Lipinski definition) is 2. The maximum Gasteiger partial charge on any atom is 0.0192 e. The number of nitrogens with one attached hydrogen (secondary N) is 1. The van der Waals surface area contributed by atoms with E-state index in [0.29, 0.717) is 6.04 Å². The number of rotatable bonds is 6. The molecule has 18 heavy (non-hydrogen) atoms. The van der Waals surface area contributed by atoms with Gasteiger partial charge in [-0.05, 0) is 53.0 Å². The zero-order chi connectivity index (χ0) is 13.8. The van der Waals surface area contributed by atoms with Crippen LogP contribution in [0.1, 0.15) is 66.7 Å². The Labute approximate surface area is 115 Å². The standard InChI is InChI=1S/C16H34N2/c1-7-16(4,5)17-12-14(3)18(6)15-10-8-9-13(2)11-15/h13-15,17H,7-12H2,1-6H3. The first kappa shape index (κ1) is 16.0. The lowest BCUT2D eigenvalue weighted by molar-refractivity contribution is 0.119. The van der Waals surface area contributed by atoms with Gasteiger partial charge in [0.15, 0.2) is 0 Å². The van der Waals surface area contributed by atoms with Crippen molar-refractivity contribution in [3.05, 3.63) is 0 Å². The highest BCUT2D eigenvalue weighted by atomic mass is 15.2. The lowest BCUT2D eigenvalue weighted by atomic mass is 9.86. The Morgan fingerprint density at radius 2 is 2.00 bits per heavy atom. The summed E-state index contributed by atoms with van der Waals surface area (Å²) in [6, 6.07) is 1.43. The SMILES string of the molecule is CCC(C)(C)NCC(C)N(C)C1CCCC(C)C1. The lowest BCUT2D eigenvalue weighted by Crippen LogP contribution is -2.49. The van der Waals surface area contributed by atoms with E-state index in [4.69, 9.17) is 0 Å². The van der Waals surface area contributed by atoms with Gasteiger partial charge in [0, 0.05) is 24.2 Å². The molecule has 1 fully saturated rings. The summed E-state index contributed by atoms with van der Waals surface area (Å²) < 4.78 is 0. The van der Waals surface area contributed by atoms with Crippen LogP contribution in [0.15, 0.2) is 0 Å². The Kier molecular flexibility index (Phi) is 6.13. The zero-order valence-electron chi connectivity index (χ0n) is 13.4. The maximum absolute atomic E-state index is 3.70. The molecule has 0 radical (unpaired) electrons. The Bertz CT molecular complexity index is 237. The molecule has 2 nitrogen and oxygen atoms in total. The molecule has 0 aromatic heterocycles. The van der Waals surface area contributed by atoms with Crippen molar-refractivity contribution in [3.63, 3.8) is 0 Å². The summed E-state index contributed by atoms with van der Waals surface area (Å²) in [6.45, 7) is 12.7. The minimum atomic E-state index is 0.273. The highest BCUT2D eigenvalue weighted by molar-refractivity contribution is 4.83. The van der Waals surface area contributed by atoms with Crippen LogP contribution in [0.5, 0.6) is 0 Å². The smallest absolute Gasteiger partial charge is 0.0192 e. The second-order valence-electron chi connectivity index (χ2n) is 7.06. The fraction of sp³-hybridized carbons (Fsp3) is 1.00. The van der Waals surface area contributed by atoms with E-state index in [0.717, 1.165) is 18.5 Å². The van der Waals surface area contributed by atoms with Gasteiger partial charge in [-0.1, -0.05) is 26.7 Å². The summed E-state index contributed by atoms with van der Waals surface area (Å²) in [6.07, 6.45) is 6.81. The monoisotopic (exact) mass is 254 g/mol. The van der Waals surface area contributed by atoms with Crippen molar-refractivity contribution < 1.29 is 0 Å². The molecule has 2 heteroatoms. The van der Waals surface area contributed by atoms with Gasteiger partial charge in [-0.25, -0.2) is 0 Å². The molecular weight excluding hydrogens is 220 g/mol. The normalized spacial score (nSPS) is 27.5. The molecule has 1 saturated carbocycles. The number of hydrogen-bond donors (Lipinski definition) is 1. The Morgan fingerprint density at radius 3 is 2.56 bits per heavy atom. The third kappa shape index (κ3) is 4.89. The second kappa shape index (κ2) is 6.91. The molecule has 1 aliphatic carbocycles. The van der Waals surface area contributed by atoms with Crippen LogP contribution in [0.25, 0.3) is 0 Å². The first-order valence-electron chi connectivity index (χ1n) is 7.82. The molecular formula is C16H34N2. The fourth-order valence-corrected chi connectivity index (χ4v) is 2.82. The first-order chi connectivity index (χ1) is 8.35. The van der Waals surface area contributed by atoms with Gasteiger partial charge in [0.25, 0.3) is 0 Å². The molecule has 0 aliphatic heterocycles. The van der Waals surface area contributed by atoms with Crippen LogP contribution in [0.2, 0.25) is 0 Å². The topological polar surface area (TPSA) is 15.3 Å². The molecule has 0 aromatic carbocycles. The molecule has 0 amide bonds. The third-order valence-corrected chi connectivity index (χ3v) is 4.94. The fourth-order valence-electron chi connectivity index (χ4n) is 2.82. The van der Waals surface area contributed by atoms with Gasteiger partial charge in [-0.3, -0.25) is 4.90 Å². The van der Waals surface area contributed by atoms with Crippen LogP contribution in [0, 0.1) is 5.92 Å². The first-order valence-corrected chi connectivity index (χ1v) is 7.82.